The summed E-state index contributed by atoms with van der Waals surface area (Å²) in [5.74, 6) is 0. The van der Waals surface area contributed by atoms with Crippen LogP contribution in [0.2, 0.25) is 0 Å². The molecule has 8 nitrogen and oxygen atoms in total. The Morgan fingerprint density at radius 3 is 2.08 bits per heavy atom. The highest BCUT2D eigenvalue weighted by molar-refractivity contribution is 8.18. The van der Waals surface area contributed by atoms with E-state index < -0.39 is 10.1 Å². The van der Waals surface area contributed by atoms with Gasteiger partial charge in [0.05, 0.1) is 36.7 Å². The van der Waals surface area contributed by atoms with E-state index >= 15 is 0 Å². The van der Waals surface area contributed by atoms with E-state index in [0.29, 0.717) is 20.8 Å². The van der Waals surface area contributed by atoms with Gasteiger partial charge in [-0.15, -0.1) is 34.0 Å². The molecule has 0 radical (unpaired) electrons. The number of allylic oxidation sites excluding steroid dienone is 2. The standard InChI is InChI=1S/C35H23N5O3S5/c1-17-2-10-26-30(31(17)48(41,42)43)47-35(40-26)21-7-13-25-29(16-21)46-34(39-25)20-6-12-24-28(15-20)45-33(38-24)19-5-11-23-27(14-19)44-32(37-23)18-3-8-22(36)9-4-18/h2-10,12-16,23H,11,36H2,1H3,(H,41,42,43). The van der Waals surface area contributed by atoms with Crippen LogP contribution in [0.4, 0.5) is 5.69 Å². The van der Waals surface area contributed by atoms with E-state index in [-0.39, 0.29) is 10.9 Å². The maximum atomic E-state index is 12.1. The third-order valence-corrected chi connectivity index (χ3v) is 13.9. The van der Waals surface area contributed by atoms with Gasteiger partial charge < -0.3 is 5.73 Å². The molecule has 2 aliphatic rings. The minimum atomic E-state index is -4.38. The van der Waals surface area contributed by atoms with E-state index in [1.165, 1.54) is 16.2 Å². The fourth-order valence-electron chi connectivity index (χ4n) is 5.94. The second-order valence-electron chi connectivity index (χ2n) is 11.6. The van der Waals surface area contributed by atoms with E-state index in [4.69, 9.17) is 20.7 Å². The highest BCUT2D eigenvalue weighted by Gasteiger charge is 2.28. The first kappa shape index (κ1) is 29.9. The zero-order chi connectivity index (χ0) is 32.7. The van der Waals surface area contributed by atoms with Gasteiger partial charge in [0.2, 0.25) is 0 Å². The first-order valence-electron chi connectivity index (χ1n) is 14.9. The van der Waals surface area contributed by atoms with Gasteiger partial charge in [-0.25, -0.2) is 15.0 Å². The summed E-state index contributed by atoms with van der Waals surface area (Å²) in [5.41, 5.74) is 13.6. The van der Waals surface area contributed by atoms with Crippen LogP contribution < -0.4 is 5.73 Å². The summed E-state index contributed by atoms with van der Waals surface area (Å²) in [5, 5.41) is 3.61. The predicted molar refractivity (Wildman–Crippen MR) is 201 cm³/mol. The van der Waals surface area contributed by atoms with Crippen molar-refractivity contribution >= 4 is 103 Å². The molecule has 4 aromatic carbocycles. The highest BCUT2D eigenvalue weighted by Crippen LogP contribution is 2.43. The number of nitrogens with two attached hydrogens (primary N) is 1. The van der Waals surface area contributed by atoms with Crippen LogP contribution in [0.15, 0.2) is 99.7 Å². The second-order valence-corrected chi connectivity index (χ2v) is 17.1. The number of thiazole rings is 3. The van der Waals surface area contributed by atoms with E-state index in [9.17, 15) is 13.0 Å². The topological polar surface area (TPSA) is 131 Å². The quantitative estimate of drug-likeness (QED) is 0.133. The second kappa shape index (κ2) is 11.2. The number of thioether (sulfide) groups is 1. The zero-order valence-electron chi connectivity index (χ0n) is 25.0. The molecular weight excluding hydrogens is 699 g/mol. The van der Waals surface area contributed by atoms with E-state index in [0.717, 1.165) is 69.9 Å². The molecule has 0 bridgehead atoms. The molecule has 0 amide bonds. The van der Waals surface area contributed by atoms with Crippen molar-refractivity contribution in [2.24, 2.45) is 4.99 Å². The monoisotopic (exact) mass is 721 g/mol. The number of aromatic nitrogens is 3. The predicted octanol–water partition coefficient (Wildman–Crippen LogP) is 9.22. The van der Waals surface area contributed by atoms with Crippen molar-refractivity contribution in [3.05, 3.63) is 106 Å². The van der Waals surface area contributed by atoms with Crippen LogP contribution in [0.25, 0.3) is 57.4 Å². The number of hydrogen-bond acceptors (Lipinski definition) is 11. The minimum absolute atomic E-state index is 0.0814. The first-order chi connectivity index (χ1) is 23.2. The number of benzene rings is 4. The van der Waals surface area contributed by atoms with E-state index in [1.54, 1.807) is 53.5 Å². The van der Waals surface area contributed by atoms with E-state index in [1.807, 2.05) is 42.5 Å². The summed E-state index contributed by atoms with van der Waals surface area (Å²) in [6, 6.07) is 23.7. The van der Waals surface area contributed by atoms with Crippen molar-refractivity contribution in [2.75, 3.05) is 5.73 Å². The Bertz CT molecular complexity index is 2680. The molecular formula is C35H23N5O3S5. The lowest BCUT2D eigenvalue weighted by Crippen LogP contribution is -2.04. The number of hydrogen-bond donors (Lipinski definition) is 2. The Balaban J connectivity index is 0.993. The molecule has 1 aliphatic carbocycles. The maximum absolute atomic E-state index is 12.1. The molecule has 0 saturated carbocycles. The Labute approximate surface area is 291 Å². The average molecular weight is 722 g/mol. The molecule has 1 atom stereocenters. The zero-order valence-corrected chi connectivity index (χ0v) is 29.1. The van der Waals surface area contributed by atoms with Crippen LogP contribution in [-0.2, 0) is 10.1 Å². The Hall–Kier alpha value is -4.24. The number of aryl methyl sites for hydroxylation is 1. The molecule has 9 rings (SSSR count). The molecule has 4 heterocycles. The van der Waals surface area contributed by atoms with Gasteiger partial charge in [0.1, 0.15) is 25.0 Å². The largest absolute Gasteiger partial charge is 0.399 e. The minimum Gasteiger partial charge on any atom is -0.399 e. The third-order valence-electron chi connectivity index (χ3n) is 8.32. The van der Waals surface area contributed by atoms with Crippen LogP contribution in [0.5, 0.6) is 0 Å². The molecule has 1 unspecified atom stereocenters. The fraction of sp³-hybridized carbons (Fsp3) is 0.0857. The normalized spacial score (nSPS) is 16.4. The van der Waals surface area contributed by atoms with Gasteiger partial charge in [-0.05, 0) is 79.6 Å². The van der Waals surface area contributed by atoms with Crippen LogP contribution in [0.1, 0.15) is 22.6 Å². The van der Waals surface area contributed by atoms with Crippen molar-refractivity contribution in [1.82, 2.24) is 15.0 Å². The van der Waals surface area contributed by atoms with Gasteiger partial charge in [0.15, 0.2) is 0 Å². The van der Waals surface area contributed by atoms with Crippen molar-refractivity contribution < 1.29 is 13.0 Å². The summed E-state index contributed by atoms with van der Waals surface area (Å²) in [7, 11) is -4.38. The lowest BCUT2D eigenvalue weighted by molar-refractivity contribution is 0.483. The highest BCUT2D eigenvalue weighted by atomic mass is 32.2. The molecule has 48 heavy (non-hydrogen) atoms. The van der Waals surface area contributed by atoms with Gasteiger partial charge in [0, 0.05) is 32.9 Å². The molecule has 3 aromatic heterocycles. The van der Waals surface area contributed by atoms with Gasteiger partial charge in [-0.1, -0.05) is 36.0 Å². The molecule has 236 valence electrons. The number of nitrogen functional groups attached to an aromatic ring is 1. The molecule has 1 aliphatic heterocycles. The smallest absolute Gasteiger partial charge is 0.296 e. The summed E-state index contributed by atoms with van der Waals surface area (Å²) in [4.78, 5) is 20.7. The summed E-state index contributed by atoms with van der Waals surface area (Å²) >= 11 is 6.26. The van der Waals surface area contributed by atoms with Gasteiger partial charge >= 0.3 is 0 Å². The summed E-state index contributed by atoms with van der Waals surface area (Å²) in [6.07, 6.45) is 5.32. The summed E-state index contributed by atoms with van der Waals surface area (Å²) in [6.45, 7) is 1.67. The average Bonchev–Trinajstić information content (AvgIpc) is 3.86. The van der Waals surface area contributed by atoms with E-state index in [2.05, 4.69) is 35.3 Å². The number of fused-ring (bicyclic) bond motifs is 4. The molecule has 0 fully saturated rings. The van der Waals surface area contributed by atoms with Crippen molar-refractivity contribution in [2.45, 2.75) is 24.3 Å². The van der Waals surface area contributed by atoms with Crippen LogP contribution in [0, 0.1) is 6.92 Å². The Morgan fingerprint density at radius 1 is 0.771 bits per heavy atom. The molecule has 0 saturated heterocycles. The molecule has 13 heteroatoms. The van der Waals surface area contributed by atoms with Crippen LogP contribution in [-0.4, -0.2) is 39.0 Å². The van der Waals surface area contributed by atoms with Gasteiger partial charge in [0.25, 0.3) is 10.1 Å². The van der Waals surface area contributed by atoms with Crippen molar-refractivity contribution in [1.29, 1.82) is 0 Å². The van der Waals surface area contributed by atoms with Crippen LogP contribution in [0.3, 0.4) is 0 Å². The fourth-order valence-corrected chi connectivity index (χ4v) is 11.4. The lowest BCUT2D eigenvalue weighted by atomic mass is 10.0. The van der Waals surface area contributed by atoms with Crippen molar-refractivity contribution in [3.8, 4) is 21.1 Å². The molecule has 3 N–H and O–H groups in total. The maximum Gasteiger partial charge on any atom is 0.296 e. The first-order valence-corrected chi connectivity index (χ1v) is 19.6. The van der Waals surface area contributed by atoms with Crippen molar-refractivity contribution in [3.63, 3.8) is 0 Å². The molecule has 0 spiro atoms. The third kappa shape index (κ3) is 5.18. The molecule has 7 aromatic rings. The van der Waals surface area contributed by atoms with Gasteiger partial charge in [-0.3, -0.25) is 9.55 Å². The number of anilines is 1. The SMILES string of the molecule is Cc1ccc2nc(-c3ccc4nc(-c5ccc6nc(C7=CCC8N=C(c9ccc(N)cc9)SC8=C7)sc6c5)sc4c3)sc2c1S(=O)(=O)O. The summed E-state index contributed by atoms with van der Waals surface area (Å²) < 4.78 is 36.6. The Morgan fingerprint density at radius 2 is 1.38 bits per heavy atom. The Kier molecular flexibility index (Phi) is 6.94. The lowest BCUT2D eigenvalue weighted by Gasteiger charge is -2.13. The van der Waals surface area contributed by atoms with Crippen LogP contribution >= 0.6 is 45.8 Å². The number of nitrogens with zero attached hydrogens (tertiary/aromatic N) is 4. The number of aliphatic imine (C=N–C) groups is 1. The number of rotatable bonds is 5. The van der Waals surface area contributed by atoms with Gasteiger partial charge in [-0.2, -0.15) is 8.42 Å².